The van der Waals surface area contributed by atoms with E-state index in [0.717, 1.165) is 30.2 Å². The van der Waals surface area contributed by atoms with Crippen molar-refractivity contribution in [2.24, 2.45) is 0 Å². The Morgan fingerprint density at radius 3 is 2.35 bits per heavy atom. The van der Waals surface area contributed by atoms with Crippen LogP contribution < -0.4 is 19.9 Å². The number of urea groups is 1. The molecule has 1 fully saturated rings. The highest BCUT2D eigenvalue weighted by Gasteiger charge is 2.35. The molecule has 0 bridgehead atoms. The molecule has 1 heterocycles. The Hall–Kier alpha value is -4.41. The fraction of sp³-hybridized carbons (Fsp3) is 0.150. The maximum atomic E-state index is 12.8. The average Bonchev–Trinajstić information content (AvgIpc) is 2.75. The molecule has 0 saturated carbocycles. The van der Waals surface area contributed by atoms with Gasteiger partial charge < -0.3 is 14.6 Å². The molecule has 0 spiro atoms. The minimum Gasteiger partial charge on any atom is -0.865 e. The zero-order valence-electron chi connectivity index (χ0n) is 16.4. The molecule has 31 heavy (non-hydrogen) atoms. The van der Waals surface area contributed by atoms with Gasteiger partial charge in [0.1, 0.15) is 17.1 Å². The van der Waals surface area contributed by atoms with Crippen molar-refractivity contribution >= 4 is 29.6 Å². The lowest BCUT2D eigenvalue weighted by Gasteiger charge is -2.26. The second-order valence-corrected chi connectivity index (χ2v) is 6.39. The van der Waals surface area contributed by atoms with Gasteiger partial charge in [-0.2, -0.15) is 0 Å². The molecule has 1 aliphatic rings. The summed E-state index contributed by atoms with van der Waals surface area (Å²) < 4.78 is 9.91. The van der Waals surface area contributed by atoms with Crippen LogP contribution in [0.5, 0.6) is 17.2 Å². The zero-order valence-corrected chi connectivity index (χ0v) is 16.4. The van der Waals surface area contributed by atoms with Gasteiger partial charge in [0.05, 0.1) is 25.7 Å². The van der Waals surface area contributed by atoms with E-state index in [1.54, 1.807) is 24.3 Å². The van der Waals surface area contributed by atoms with E-state index < -0.39 is 39.8 Å². The normalized spacial score (nSPS) is 15.1. The van der Waals surface area contributed by atoms with Crippen molar-refractivity contribution in [1.82, 2.24) is 10.2 Å². The minimum absolute atomic E-state index is 0.0143. The van der Waals surface area contributed by atoms with E-state index in [2.05, 4.69) is 5.32 Å². The van der Waals surface area contributed by atoms with E-state index in [4.69, 9.17) is 9.47 Å². The van der Waals surface area contributed by atoms with Crippen LogP contribution in [0.1, 0.15) is 11.1 Å². The van der Waals surface area contributed by atoms with E-state index in [1.807, 2.05) is 0 Å². The Balaban J connectivity index is 1.96. The minimum atomic E-state index is -0.964. The maximum Gasteiger partial charge on any atom is 0.331 e. The number of nitro benzene ring substituents is 1. The van der Waals surface area contributed by atoms with Crippen molar-refractivity contribution < 1.29 is 33.9 Å². The standard InChI is InChI=1S/C20H17N3O8/c1-30-13-5-3-11(4-6-13)10-22-19(26)14(18(25)21-20(22)27)7-12-8-15(23(28)29)17(24)16(9-12)31-2/h3-9,24H,10H2,1-2H3,(H,21,25,27)/p-1/b14-7+. The fourth-order valence-electron chi connectivity index (χ4n) is 2.90. The van der Waals surface area contributed by atoms with Crippen molar-refractivity contribution in [3.05, 3.63) is 63.2 Å². The van der Waals surface area contributed by atoms with Crippen LogP contribution in [0.4, 0.5) is 10.5 Å². The predicted molar refractivity (Wildman–Crippen MR) is 104 cm³/mol. The molecular weight excluding hydrogens is 410 g/mol. The number of imide groups is 2. The third kappa shape index (κ3) is 4.29. The summed E-state index contributed by atoms with van der Waals surface area (Å²) >= 11 is 0. The predicted octanol–water partition coefficient (Wildman–Crippen LogP) is 1.35. The number of amides is 4. The van der Waals surface area contributed by atoms with Crippen molar-refractivity contribution in [2.45, 2.75) is 6.54 Å². The second-order valence-electron chi connectivity index (χ2n) is 6.39. The molecule has 0 radical (unpaired) electrons. The van der Waals surface area contributed by atoms with Crippen molar-refractivity contribution in [3.63, 3.8) is 0 Å². The third-order valence-electron chi connectivity index (χ3n) is 4.47. The van der Waals surface area contributed by atoms with Crippen molar-refractivity contribution in [2.75, 3.05) is 14.2 Å². The summed E-state index contributed by atoms with van der Waals surface area (Å²) in [5.74, 6) is -2.53. The molecule has 1 saturated heterocycles. The van der Waals surface area contributed by atoms with E-state index in [0.29, 0.717) is 11.3 Å². The Kier molecular flexibility index (Phi) is 5.86. The summed E-state index contributed by atoms with van der Waals surface area (Å²) in [6.45, 7) is -0.123. The van der Waals surface area contributed by atoms with Crippen molar-refractivity contribution in [1.29, 1.82) is 0 Å². The molecule has 0 aliphatic carbocycles. The number of barbiturate groups is 1. The SMILES string of the molecule is COc1ccc(CN2C(=O)NC(=O)/C(=C\c3cc(OC)c([O-])c([N+](=O)[O-])c3)C2=O)cc1. The first kappa shape index (κ1) is 21.3. The largest absolute Gasteiger partial charge is 0.865 e. The molecular formula is C20H16N3O8-. The molecule has 2 aromatic carbocycles. The molecule has 11 heteroatoms. The van der Waals surface area contributed by atoms with Crippen LogP contribution in [0.25, 0.3) is 6.08 Å². The first-order chi connectivity index (χ1) is 14.7. The smallest absolute Gasteiger partial charge is 0.331 e. The first-order valence-electron chi connectivity index (χ1n) is 8.80. The Morgan fingerprint density at radius 2 is 1.77 bits per heavy atom. The lowest BCUT2D eigenvalue weighted by Crippen LogP contribution is -2.53. The van der Waals surface area contributed by atoms with Crippen molar-refractivity contribution in [3.8, 4) is 17.2 Å². The molecule has 2 aromatic rings. The average molecular weight is 426 g/mol. The lowest BCUT2D eigenvalue weighted by molar-refractivity contribution is -0.398. The Labute approximate surface area is 175 Å². The number of benzene rings is 2. The molecule has 11 nitrogen and oxygen atoms in total. The summed E-state index contributed by atoms with van der Waals surface area (Å²) in [4.78, 5) is 48.3. The van der Waals surface area contributed by atoms with Crippen LogP contribution in [-0.4, -0.2) is 41.9 Å². The van der Waals surface area contributed by atoms with E-state index in [9.17, 15) is 29.6 Å². The van der Waals surface area contributed by atoms with E-state index in [-0.39, 0.29) is 17.9 Å². The summed E-state index contributed by atoms with van der Waals surface area (Å²) in [6, 6.07) is 7.79. The molecule has 0 unspecified atom stereocenters. The van der Waals surface area contributed by atoms with Gasteiger partial charge in [0.15, 0.2) is 0 Å². The number of nitro groups is 1. The lowest BCUT2D eigenvalue weighted by atomic mass is 10.1. The molecule has 4 amide bonds. The summed E-state index contributed by atoms with van der Waals surface area (Å²) in [5, 5.41) is 25.1. The second kappa shape index (κ2) is 8.53. The maximum absolute atomic E-state index is 12.8. The van der Waals surface area contributed by atoms with Crippen LogP contribution >= 0.6 is 0 Å². The van der Waals surface area contributed by atoms with Crippen LogP contribution in [-0.2, 0) is 16.1 Å². The Bertz CT molecular complexity index is 1110. The number of ether oxygens (including phenoxy) is 2. The van der Waals surface area contributed by atoms with Gasteiger partial charge >= 0.3 is 6.03 Å². The fourth-order valence-corrected chi connectivity index (χ4v) is 2.90. The Morgan fingerprint density at radius 1 is 1.10 bits per heavy atom. The first-order valence-corrected chi connectivity index (χ1v) is 8.80. The molecule has 0 aromatic heterocycles. The number of hydrogen-bond acceptors (Lipinski definition) is 8. The quantitative estimate of drug-likeness (QED) is 0.315. The van der Waals surface area contributed by atoms with Gasteiger partial charge in [-0.1, -0.05) is 12.1 Å². The van der Waals surface area contributed by atoms with Gasteiger partial charge in [-0.15, -0.1) is 0 Å². The summed E-state index contributed by atoms with van der Waals surface area (Å²) in [7, 11) is 2.66. The highest BCUT2D eigenvalue weighted by molar-refractivity contribution is 6.31. The molecule has 3 rings (SSSR count). The summed E-state index contributed by atoms with van der Waals surface area (Å²) in [6.07, 6.45) is 1.06. The van der Waals surface area contributed by atoms with Crippen LogP contribution in [0.2, 0.25) is 0 Å². The van der Waals surface area contributed by atoms with Gasteiger partial charge in [-0.05, 0) is 35.4 Å². The highest BCUT2D eigenvalue weighted by atomic mass is 16.6. The molecule has 0 atom stereocenters. The van der Waals surface area contributed by atoms with Gasteiger partial charge in [0.25, 0.3) is 17.5 Å². The number of nitrogens with one attached hydrogen (secondary N) is 1. The molecule has 1 aliphatic heterocycles. The third-order valence-corrected chi connectivity index (χ3v) is 4.47. The molecule has 160 valence electrons. The van der Waals surface area contributed by atoms with Crippen LogP contribution in [0, 0.1) is 10.1 Å². The van der Waals surface area contributed by atoms with Gasteiger partial charge in [0.2, 0.25) is 0 Å². The number of methoxy groups -OCH3 is 2. The van der Waals surface area contributed by atoms with Gasteiger partial charge in [0, 0.05) is 11.8 Å². The number of hydrogen-bond donors (Lipinski definition) is 1. The topological polar surface area (TPSA) is 151 Å². The highest BCUT2D eigenvalue weighted by Crippen LogP contribution is 2.35. The molecule has 1 N–H and O–H groups in total. The van der Waals surface area contributed by atoms with E-state index >= 15 is 0 Å². The van der Waals surface area contributed by atoms with Gasteiger partial charge in [-0.25, -0.2) is 4.79 Å². The zero-order chi connectivity index (χ0) is 22.7. The van der Waals surface area contributed by atoms with Crippen LogP contribution in [0.15, 0.2) is 42.0 Å². The number of carbonyl (C=O) groups is 3. The summed E-state index contributed by atoms with van der Waals surface area (Å²) in [5.41, 5.74) is -0.587. The van der Waals surface area contributed by atoms with E-state index in [1.165, 1.54) is 7.11 Å². The number of rotatable bonds is 6. The number of carbonyl (C=O) groups excluding carboxylic acids is 3. The monoisotopic (exact) mass is 426 g/mol. The van der Waals surface area contributed by atoms with Crippen LogP contribution in [0.3, 0.4) is 0 Å². The number of nitrogens with zero attached hydrogens (tertiary/aromatic N) is 2. The van der Waals surface area contributed by atoms with Gasteiger partial charge in [-0.3, -0.25) is 29.9 Å².